The second-order valence-electron chi connectivity index (χ2n) is 4.75. The number of allylic oxidation sites excluding steroid dienone is 1. The summed E-state index contributed by atoms with van der Waals surface area (Å²) < 4.78 is 5.07. The van der Waals surface area contributed by atoms with Gasteiger partial charge >= 0.3 is 0 Å². The lowest BCUT2D eigenvalue weighted by Crippen LogP contribution is -2.27. The number of nitrogens with one attached hydrogen (secondary N) is 1. The third-order valence-corrected chi connectivity index (χ3v) is 1.83. The van der Waals surface area contributed by atoms with Crippen LogP contribution in [0.3, 0.4) is 0 Å². The smallest absolute Gasteiger partial charge is 0.139 e. The van der Waals surface area contributed by atoms with Crippen LogP contribution in [-0.4, -0.2) is 28.1 Å². The van der Waals surface area contributed by atoms with Gasteiger partial charge in [-0.25, -0.2) is 0 Å². The van der Waals surface area contributed by atoms with Gasteiger partial charge in [0.05, 0.1) is 6.61 Å². The Morgan fingerprint density at radius 1 is 1.50 bits per heavy atom. The normalized spacial score (nSPS) is 13.4. The van der Waals surface area contributed by atoms with Crippen molar-refractivity contribution >= 4 is 7.85 Å². The van der Waals surface area contributed by atoms with E-state index in [2.05, 4.69) is 40.5 Å². The van der Waals surface area contributed by atoms with Crippen LogP contribution in [0.4, 0.5) is 0 Å². The molecule has 0 atom stereocenters. The Morgan fingerprint density at radius 3 is 2.43 bits per heavy atom. The third-order valence-electron chi connectivity index (χ3n) is 1.83. The summed E-state index contributed by atoms with van der Waals surface area (Å²) in [6, 6.07) is 0. The molecule has 0 spiro atoms. The number of hydrogen-bond donors (Lipinski definition) is 1. The lowest BCUT2D eigenvalue weighted by atomic mass is 9.92. The summed E-state index contributed by atoms with van der Waals surface area (Å²) in [4.78, 5) is 0. The van der Waals surface area contributed by atoms with Gasteiger partial charge in [0.1, 0.15) is 7.85 Å². The topological polar surface area (TPSA) is 21.3 Å². The van der Waals surface area contributed by atoms with Crippen LogP contribution in [0.15, 0.2) is 23.8 Å². The van der Waals surface area contributed by atoms with Crippen molar-refractivity contribution in [3.8, 4) is 0 Å². The second kappa shape index (κ2) is 5.92. The minimum atomic E-state index is 0.279. The van der Waals surface area contributed by atoms with Gasteiger partial charge < -0.3 is 10.1 Å². The minimum Gasteiger partial charge on any atom is -0.385 e. The predicted molar refractivity (Wildman–Crippen MR) is 65.1 cm³/mol. The van der Waals surface area contributed by atoms with Gasteiger partial charge in [-0.15, -0.1) is 0 Å². The van der Waals surface area contributed by atoms with Gasteiger partial charge in [0.25, 0.3) is 0 Å². The maximum absolute atomic E-state index is 5.07. The zero-order valence-electron chi connectivity index (χ0n) is 10.1. The Kier molecular flexibility index (Phi) is 5.62. The highest BCUT2D eigenvalue weighted by molar-refractivity contribution is 6.22. The molecule has 0 bridgehead atoms. The van der Waals surface area contributed by atoms with E-state index in [4.69, 9.17) is 4.74 Å². The SMILES string of the molecule is B/C(COC)=C(/C=C)NCC(C)(C)C. The van der Waals surface area contributed by atoms with E-state index in [1.807, 2.05) is 6.08 Å². The fourth-order valence-electron chi connectivity index (χ4n) is 1.05. The van der Waals surface area contributed by atoms with E-state index in [1.165, 1.54) is 5.47 Å². The van der Waals surface area contributed by atoms with Gasteiger partial charge in [0, 0.05) is 19.4 Å². The first kappa shape index (κ1) is 13.3. The van der Waals surface area contributed by atoms with Crippen LogP contribution in [0.5, 0.6) is 0 Å². The summed E-state index contributed by atoms with van der Waals surface area (Å²) in [5, 5.41) is 3.38. The summed E-state index contributed by atoms with van der Waals surface area (Å²) in [6.45, 7) is 12.0. The average molecular weight is 195 g/mol. The highest BCUT2D eigenvalue weighted by Gasteiger charge is 2.10. The van der Waals surface area contributed by atoms with E-state index in [1.54, 1.807) is 7.11 Å². The lowest BCUT2D eigenvalue weighted by Gasteiger charge is -2.21. The van der Waals surface area contributed by atoms with Gasteiger partial charge in [-0.1, -0.05) is 32.8 Å². The fourth-order valence-corrected chi connectivity index (χ4v) is 1.05. The zero-order chi connectivity index (χ0) is 11.2. The van der Waals surface area contributed by atoms with Crippen molar-refractivity contribution in [3.63, 3.8) is 0 Å². The molecular weight excluding hydrogens is 173 g/mol. The van der Waals surface area contributed by atoms with E-state index in [9.17, 15) is 0 Å². The first-order valence-corrected chi connectivity index (χ1v) is 4.95. The summed E-state index contributed by atoms with van der Waals surface area (Å²) in [5.41, 5.74) is 2.55. The largest absolute Gasteiger partial charge is 0.385 e. The highest BCUT2D eigenvalue weighted by Crippen LogP contribution is 2.12. The number of methoxy groups -OCH3 is 1. The second-order valence-corrected chi connectivity index (χ2v) is 4.75. The Labute approximate surface area is 88.8 Å². The molecule has 0 fully saturated rings. The molecule has 3 heteroatoms. The Morgan fingerprint density at radius 2 is 2.07 bits per heavy atom. The van der Waals surface area contributed by atoms with Crippen LogP contribution in [0.25, 0.3) is 0 Å². The summed E-state index contributed by atoms with van der Waals surface area (Å²) in [5.74, 6) is 0. The van der Waals surface area contributed by atoms with Crippen molar-refractivity contribution < 1.29 is 4.74 Å². The predicted octanol–water partition coefficient (Wildman–Crippen LogP) is 1.30. The molecule has 0 saturated carbocycles. The molecule has 0 aliphatic rings. The van der Waals surface area contributed by atoms with Crippen molar-refractivity contribution in [2.75, 3.05) is 20.3 Å². The van der Waals surface area contributed by atoms with E-state index < -0.39 is 0 Å². The standard InChI is InChI=1S/C11H22BNO/c1-6-10(9(12)7-14-5)13-8-11(2,3)4/h6,13H,1,7-8,12H2,2-5H3/b10-9-. The minimum absolute atomic E-state index is 0.279. The molecule has 14 heavy (non-hydrogen) atoms. The van der Waals surface area contributed by atoms with Crippen molar-refractivity contribution in [3.05, 3.63) is 23.8 Å². The fraction of sp³-hybridized carbons (Fsp3) is 0.636. The van der Waals surface area contributed by atoms with Crippen molar-refractivity contribution in [1.82, 2.24) is 5.32 Å². The molecule has 0 heterocycles. The molecule has 0 radical (unpaired) electrons. The molecule has 0 aromatic heterocycles. The molecule has 0 aliphatic heterocycles. The molecule has 0 amide bonds. The van der Waals surface area contributed by atoms with E-state index in [-0.39, 0.29) is 5.41 Å². The van der Waals surface area contributed by atoms with Crippen molar-refractivity contribution in [1.29, 1.82) is 0 Å². The quantitative estimate of drug-likeness (QED) is 0.527. The van der Waals surface area contributed by atoms with Gasteiger partial charge in [0.15, 0.2) is 0 Å². The first-order valence-electron chi connectivity index (χ1n) is 4.95. The van der Waals surface area contributed by atoms with Crippen LogP contribution in [-0.2, 0) is 4.74 Å². The molecule has 0 aromatic carbocycles. The Balaban J connectivity index is 4.29. The third kappa shape index (κ3) is 5.87. The highest BCUT2D eigenvalue weighted by atomic mass is 16.5. The monoisotopic (exact) mass is 195 g/mol. The van der Waals surface area contributed by atoms with Crippen LogP contribution < -0.4 is 5.32 Å². The lowest BCUT2D eigenvalue weighted by molar-refractivity contribution is 0.230. The number of rotatable bonds is 5. The maximum atomic E-state index is 5.07. The molecule has 0 unspecified atom stereocenters. The molecular formula is C11H22BNO. The van der Waals surface area contributed by atoms with Crippen LogP contribution in [0.1, 0.15) is 20.8 Å². The average Bonchev–Trinajstić information content (AvgIpc) is 2.03. The Hall–Kier alpha value is -0.695. The zero-order valence-corrected chi connectivity index (χ0v) is 10.1. The van der Waals surface area contributed by atoms with Crippen LogP contribution in [0, 0.1) is 5.41 Å². The number of hydrogen-bond acceptors (Lipinski definition) is 2. The molecule has 0 aromatic rings. The Bertz CT molecular complexity index is 216. The van der Waals surface area contributed by atoms with Crippen LogP contribution in [0.2, 0.25) is 0 Å². The van der Waals surface area contributed by atoms with E-state index in [0.29, 0.717) is 6.61 Å². The van der Waals surface area contributed by atoms with Crippen molar-refractivity contribution in [2.45, 2.75) is 20.8 Å². The van der Waals surface area contributed by atoms with E-state index in [0.717, 1.165) is 12.2 Å². The first-order chi connectivity index (χ1) is 6.40. The molecule has 0 aliphatic carbocycles. The van der Waals surface area contributed by atoms with Crippen LogP contribution >= 0.6 is 0 Å². The van der Waals surface area contributed by atoms with E-state index >= 15 is 0 Å². The van der Waals surface area contributed by atoms with Gasteiger partial charge in [-0.05, 0) is 11.5 Å². The molecule has 80 valence electrons. The summed E-state index contributed by atoms with van der Waals surface area (Å²) in [6.07, 6.45) is 1.85. The van der Waals surface area contributed by atoms with Gasteiger partial charge in [0.2, 0.25) is 0 Å². The molecule has 0 saturated heterocycles. The van der Waals surface area contributed by atoms with Crippen molar-refractivity contribution in [2.24, 2.45) is 5.41 Å². The summed E-state index contributed by atoms with van der Waals surface area (Å²) in [7, 11) is 3.75. The van der Waals surface area contributed by atoms with Gasteiger partial charge in [-0.3, -0.25) is 0 Å². The molecule has 0 rings (SSSR count). The summed E-state index contributed by atoms with van der Waals surface area (Å²) >= 11 is 0. The molecule has 2 nitrogen and oxygen atoms in total. The number of ether oxygens (including phenoxy) is 1. The van der Waals surface area contributed by atoms with Gasteiger partial charge in [-0.2, -0.15) is 0 Å². The maximum Gasteiger partial charge on any atom is 0.139 e. The molecule has 1 N–H and O–H groups in total.